The first-order valence-electron chi connectivity index (χ1n) is 9.73. The number of nitrogens with zero attached hydrogens (tertiary/aromatic N) is 2. The van der Waals surface area contributed by atoms with Crippen LogP contribution in [0.5, 0.6) is 0 Å². The summed E-state index contributed by atoms with van der Waals surface area (Å²) in [6.45, 7) is 0. The highest BCUT2D eigenvalue weighted by Gasteiger charge is 2.47. The lowest BCUT2D eigenvalue weighted by atomic mass is 10.1. The second kappa shape index (κ2) is 8.70. The van der Waals surface area contributed by atoms with Crippen LogP contribution in [0.3, 0.4) is 0 Å². The molecule has 4 N–H and O–H groups in total. The first-order chi connectivity index (χ1) is 16.6. The van der Waals surface area contributed by atoms with E-state index >= 15 is 0 Å². The fourth-order valence-electron chi connectivity index (χ4n) is 3.24. The van der Waals surface area contributed by atoms with Gasteiger partial charge in [-0.3, -0.25) is 4.79 Å². The van der Waals surface area contributed by atoms with Crippen molar-refractivity contribution >= 4 is 43.4 Å². The summed E-state index contributed by atoms with van der Waals surface area (Å²) in [6, 6.07) is 12.2. The van der Waals surface area contributed by atoms with Crippen molar-refractivity contribution in [3.05, 3.63) is 72.0 Å². The van der Waals surface area contributed by atoms with E-state index in [4.69, 9.17) is 14.7 Å². The van der Waals surface area contributed by atoms with Crippen LogP contribution in [-0.4, -0.2) is 34.6 Å². The van der Waals surface area contributed by atoms with Crippen LogP contribution in [0.25, 0.3) is 17.4 Å². The van der Waals surface area contributed by atoms with Gasteiger partial charge in [0.2, 0.25) is 20.0 Å². The van der Waals surface area contributed by atoms with Gasteiger partial charge >= 0.3 is 6.18 Å². The summed E-state index contributed by atoms with van der Waals surface area (Å²) in [4.78, 5) is 12.4. The fraction of sp³-hybridized carbons (Fsp3) is 0.0476. The van der Waals surface area contributed by atoms with E-state index in [0.717, 1.165) is 30.3 Å². The molecule has 0 saturated heterocycles. The van der Waals surface area contributed by atoms with Crippen LogP contribution in [0.1, 0.15) is 5.76 Å². The van der Waals surface area contributed by atoms with Crippen LogP contribution >= 0.6 is 0 Å². The van der Waals surface area contributed by atoms with Crippen molar-refractivity contribution < 1.29 is 39.2 Å². The molecule has 0 bridgehead atoms. The number of hydrazone groups is 1. The Kier molecular flexibility index (Phi) is 6.12. The molecule has 1 amide bonds. The summed E-state index contributed by atoms with van der Waals surface area (Å²) in [5.74, 6) is -1.04. The Labute approximate surface area is 202 Å². The zero-order chi connectivity index (χ0) is 26.5. The van der Waals surface area contributed by atoms with Gasteiger partial charge in [-0.05, 0) is 66.7 Å². The smallest absolute Gasteiger partial charge is 0.435 e. The number of halogens is 3. The minimum absolute atomic E-state index is 0.104. The average molecular weight is 541 g/mol. The van der Waals surface area contributed by atoms with Gasteiger partial charge in [-0.25, -0.2) is 27.1 Å². The highest BCUT2D eigenvalue weighted by molar-refractivity contribution is 7.89. The molecule has 3 aromatic rings. The third-order valence-electron chi connectivity index (χ3n) is 4.94. The molecule has 36 heavy (non-hydrogen) atoms. The average Bonchev–Trinajstić information content (AvgIpc) is 3.38. The van der Waals surface area contributed by atoms with Gasteiger partial charge in [0.25, 0.3) is 5.91 Å². The summed E-state index contributed by atoms with van der Waals surface area (Å²) in [5.41, 5.74) is -1.99. The minimum atomic E-state index is -4.99. The lowest BCUT2D eigenvalue weighted by Crippen LogP contribution is -2.25. The van der Waals surface area contributed by atoms with Gasteiger partial charge in [-0.1, -0.05) is 0 Å². The lowest BCUT2D eigenvalue weighted by Gasteiger charge is -2.11. The first-order valence-corrected chi connectivity index (χ1v) is 12.8. The van der Waals surface area contributed by atoms with Gasteiger partial charge in [0, 0.05) is 5.56 Å². The van der Waals surface area contributed by atoms with E-state index in [9.17, 15) is 34.8 Å². The third-order valence-corrected chi connectivity index (χ3v) is 6.80. The highest BCUT2D eigenvalue weighted by Crippen LogP contribution is 2.34. The summed E-state index contributed by atoms with van der Waals surface area (Å²) >= 11 is 0. The number of benzene rings is 2. The predicted octanol–water partition coefficient (Wildman–Crippen LogP) is 2.59. The number of furan rings is 1. The molecular formula is C21H15F3N4O6S2. The van der Waals surface area contributed by atoms with E-state index in [2.05, 4.69) is 5.10 Å². The molecule has 0 spiro atoms. The topological polar surface area (TPSA) is 166 Å². The number of nitrogens with two attached hydrogens (primary N) is 2. The van der Waals surface area contributed by atoms with E-state index in [1.165, 1.54) is 36.4 Å². The molecule has 15 heteroatoms. The SMILES string of the molecule is NS(=O)(=O)c1ccc(-c2ccc(/C=C3\C(=O)N(c4ccc(S(N)(=O)=O)cc4)N=C3C(F)(F)F)o2)cc1. The lowest BCUT2D eigenvalue weighted by molar-refractivity contribution is -0.114. The zero-order valence-corrected chi connectivity index (χ0v) is 19.4. The van der Waals surface area contributed by atoms with Crippen molar-refractivity contribution in [2.45, 2.75) is 16.0 Å². The van der Waals surface area contributed by atoms with Crippen molar-refractivity contribution in [2.24, 2.45) is 15.4 Å². The standard InChI is InChI=1S/C21H15F3N4O6S2/c22-21(23,24)19-17(20(29)28(27-19)13-3-8-16(9-4-13)36(26,32)33)11-14-5-10-18(34-14)12-1-6-15(7-2-12)35(25,30)31/h1-11H,(H2,25,30,31)(H2,26,32,33)/b17-11-. The number of alkyl halides is 3. The summed E-state index contributed by atoms with van der Waals surface area (Å²) in [7, 11) is -7.97. The van der Waals surface area contributed by atoms with Crippen LogP contribution in [0, 0.1) is 0 Å². The second-order valence-electron chi connectivity index (χ2n) is 7.43. The van der Waals surface area contributed by atoms with E-state index in [-0.39, 0.29) is 27.0 Å². The van der Waals surface area contributed by atoms with Gasteiger partial charge in [0.05, 0.1) is 21.1 Å². The van der Waals surface area contributed by atoms with Crippen molar-refractivity contribution in [3.63, 3.8) is 0 Å². The Bertz CT molecular complexity index is 1620. The molecule has 1 aromatic heterocycles. The number of carbonyl (C=O) groups is 1. The van der Waals surface area contributed by atoms with Gasteiger partial charge < -0.3 is 4.42 Å². The molecule has 1 aliphatic heterocycles. The quantitative estimate of drug-likeness (QED) is 0.472. The minimum Gasteiger partial charge on any atom is -0.457 e. The highest BCUT2D eigenvalue weighted by atomic mass is 32.2. The number of hydrogen-bond donors (Lipinski definition) is 2. The first kappa shape index (κ1) is 25.3. The molecule has 0 atom stereocenters. The molecular weight excluding hydrogens is 525 g/mol. The maximum Gasteiger partial charge on any atom is 0.435 e. The molecule has 1 aliphatic rings. The normalized spacial score (nSPS) is 16.0. The molecule has 0 aliphatic carbocycles. The van der Waals surface area contributed by atoms with Gasteiger partial charge in [0.1, 0.15) is 11.5 Å². The molecule has 0 radical (unpaired) electrons. The van der Waals surface area contributed by atoms with Crippen molar-refractivity contribution in [1.29, 1.82) is 0 Å². The van der Waals surface area contributed by atoms with E-state index in [0.29, 0.717) is 10.6 Å². The molecule has 2 aromatic carbocycles. The Hall–Kier alpha value is -3.79. The third kappa shape index (κ3) is 5.08. The fourth-order valence-corrected chi connectivity index (χ4v) is 4.27. The van der Waals surface area contributed by atoms with Crippen molar-refractivity contribution in [3.8, 4) is 11.3 Å². The van der Waals surface area contributed by atoms with E-state index in [1.54, 1.807) is 0 Å². The Morgan fingerprint density at radius 2 is 1.36 bits per heavy atom. The summed E-state index contributed by atoms with van der Waals surface area (Å²) < 4.78 is 92.1. The molecule has 2 heterocycles. The van der Waals surface area contributed by atoms with Crippen molar-refractivity contribution in [1.82, 2.24) is 0 Å². The van der Waals surface area contributed by atoms with Gasteiger partial charge in [-0.15, -0.1) is 0 Å². The van der Waals surface area contributed by atoms with Crippen LogP contribution < -0.4 is 15.3 Å². The number of carbonyl (C=O) groups excluding carboxylic acids is 1. The maximum absolute atomic E-state index is 13.7. The Morgan fingerprint density at radius 3 is 1.86 bits per heavy atom. The number of amides is 1. The number of sulfonamides is 2. The second-order valence-corrected chi connectivity index (χ2v) is 10.6. The van der Waals surface area contributed by atoms with Gasteiger partial charge in [0.15, 0.2) is 5.71 Å². The number of hydrogen-bond acceptors (Lipinski definition) is 7. The van der Waals surface area contributed by atoms with Gasteiger partial charge in [-0.2, -0.15) is 23.3 Å². The van der Waals surface area contributed by atoms with Crippen molar-refractivity contribution in [2.75, 3.05) is 5.01 Å². The van der Waals surface area contributed by atoms with Crippen LogP contribution in [0.2, 0.25) is 0 Å². The van der Waals surface area contributed by atoms with E-state index < -0.39 is 43.4 Å². The number of primary sulfonamides is 2. The largest absolute Gasteiger partial charge is 0.457 e. The molecule has 10 nitrogen and oxygen atoms in total. The summed E-state index contributed by atoms with van der Waals surface area (Å²) in [5, 5.41) is 13.9. The monoisotopic (exact) mass is 540 g/mol. The van der Waals surface area contributed by atoms with Crippen LogP contribution in [0.4, 0.5) is 18.9 Å². The number of rotatable bonds is 5. The number of anilines is 1. The summed E-state index contributed by atoms with van der Waals surface area (Å²) in [6.07, 6.45) is -4.12. The molecule has 188 valence electrons. The molecule has 0 unspecified atom stereocenters. The molecule has 0 fully saturated rings. The van der Waals surface area contributed by atoms with E-state index in [1.807, 2.05) is 0 Å². The molecule has 4 rings (SSSR count). The predicted molar refractivity (Wildman–Crippen MR) is 122 cm³/mol. The zero-order valence-electron chi connectivity index (χ0n) is 17.8. The Balaban J connectivity index is 1.67. The molecule has 0 saturated carbocycles. The van der Waals surface area contributed by atoms with Crippen LogP contribution in [-0.2, 0) is 24.8 Å². The Morgan fingerprint density at radius 1 is 0.833 bits per heavy atom. The maximum atomic E-state index is 13.7. The van der Waals surface area contributed by atoms with Crippen LogP contribution in [0.15, 0.2) is 85.5 Å².